The summed E-state index contributed by atoms with van der Waals surface area (Å²) in [5.74, 6) is 1.15. The molecule has 0 fully saturated rings. The minimum Gasteiger partial charge on any atom is -0.451 e. The van der Waals surface area contributed by atoms with Crippen molar-refractivity contribution in [2.24, 2.45) is 0 Å². The third-order valence-corrected chi connectivity index (χ3v) is 4.21. The molecule has 0 unspecified atom stereocenters. The largest absolute Gasteiger partial charge is 0.451 e. The second-order valence-electron chi connectivity index (χ2n) is 5.72. The first kappa shape index (κ1) is 13.1. The molecule has 0 atom stereocenters. The Hall–Kier alpha value is -2.63. The molecule has 6 heteroatoms. The quantitative estimate of drug-likeness (QED) is 0.691. The monoisotopic (exact) mass is 296 g/mol. The molecule has 1 amide bonds. The van der Waals surface area contributed by atoms with E-state index in [0.29, 0.717) is 25.4 Å². The van der Waals surface area contributed by atoms with Gasteiger partial charge >= 0.3 is 0 Å². The van der Waals surface area contributed by atoms with Crippen molar-refractivity contribution < 1.29 is 9.21 Å². The summed E-state index contributed by atoms with van der Waals surface area (Å²) in [6.07, 6.45) is 1.70. The zero-order chi connectivity index (χ0) is 15.3. The molecule has 0 radical (unpaired) electrons. The molecule has 1 aliphatic rings. The standard InChI is InChI=1S/C16H16N4O2/c1-10-3-4-12-11(2)15(22-13(12)7-10)16(21)19-5-6-20-9-17-18-14(20)8-19/h3-4,7,9H,5-6,8H2,1-2H3. The smallest absolute Gasteiger partial charge is 0.290 e. The summed E-state index contributed by atoms with van der Waals surface area (Å²) in [4.78, 5) is 14.5. The number of fused-ring (bicyclic) bond motifs is 2. The second kappa shape index (κ2) is 4.69. The van der Waals surface area contributed by atoms with E-state index in [9.17, 15) is 4.79 Å². The van der Waals surface area contributed by atoms with Gasteiger partial charge in [-0.25, -0.2) is 0 Å². The first-order valence-corrected chi connectivity index (χ1v) is 7.29. The second-order valence-corrected chi connectivity index (χ2v) is 5.72. The summed E-state index contributed by atoms with van der Waals surface area (Å²) in [6, 6.07) is 6.00. The van der Waals surface area contributed by atoms with Gasteiger partial charge in [0.2, 0.25) is 0 Å². The van der Waals surface area contributed by atoms with Crippen LogP contribution < -0.4 is 0 Å². The molecule has 2 aromatic heterocycles. The summed E-state index contributed by atoms with van der Waals surface area (Å²) >= 11 is 0. The maximum absolute atomic E-state index is 12.8. The molecule has 0 saturated carbocycles. The predicted octanol–water partition coefficient (Wildman–Crippen LogP) is 2.30. The molecule has 0 N–H and O–H groups in total. The van der Waals surface area contributed by atoms with Crippen LogP contribution in [0.5, 0.6) is 0 Å². The van der Waals surface area contributed by atoms with Crippen LogP contribution >= 0.6 is 0 Å². The minimum atomic E-state index is -0.0828. The van der Waals surface area contributed by atoms with Gasteiger partial charge in [-0.2, -0.15) is 0 Å². The lowest BCUT2D eigenvalue weighted by Crippen LogP contribution is -2.38. The van der Waals surface area contributed by atoms with Crippen LogP contribution in [0.25, 0.3) is 11.0 Å². The maximum atomic E-state index is 12.8. The van der Waals surface area contributed by atoms with Gasteiger partial charge in [-0.1, -0.05) is 12.1 Å². The van der Waals surface area contributed by atoms with Gasteiger partial charge in [0.15, 0.2) is 11.6 Å². The van der Waals surface area contributed by atoms with E-state index in [0.717, 1.165) is 27.9 Å². The van der Waals surface area contributed by atoms with Gasteiger partial charge in [-0.3, -0.25) is 4.79 Å². The zero-order valence-corrected chi connectivity index (χ0v) is 12.5. The summed E-state index contributed by atoms with van der Waals surface area (Å²) in [6.45, 7) is 5.76. The van der Waals surface area contributed by atoms with E-state index < -0.39 is 0 Å². The normalized spacial score (nSPS) is 14.4. The summed E-state index contributed by atoms with van der Waals surface area (Å²) in [5, 5.41) is 8.93. The topological polar surface area (TPSA) is 64.2 Å². The lowest BCUT2D eigenvalue weighted by molar-refractivity contribution is 0.0676. The van der Waals surface area contributed by atoms with Crippen LogP contribution in [0.4, 0.5) is 0 Å². The van der Waals surface area contributed by atoms with Crippen molar-refractivity contribution in [3.05, 3.63) is 47.2 Å². The van der Waals surface area contributed by atoms with Gasteiger partial charge in [0.25, 0.3) is 5.91 Å². The maximum Gasteiger partial charge on any atom is 0.290 e. The van der Waals surface area contributed by atoms with Crippen molar-refractivity contribution in [3.8, 4) is 0 Å². The third-order valence-electron chi connectivity index (χ3n) is 4.21. The van der Waals surface area contributed by atoms with Crippen LogP contribution in [0.1, 0.15) is 27.5 Å². The van der Waals surface area contributed by atoms with Crippen molar-refractivity contribution in [1.82, 2.24) is 19.7 Å². The van der Waals surface area contributed by atoms with Crippen LogP contribution in [0.2, 0.25) is 0 Å². The molecule has 0 aliphatic carbocycles. The first-order chi connectivity index (χ1) is 10.6. The molecule has 1 aromatic carbocycles. The van der Waals surface area contributed by atoms with Crippen molar-refractivity contribution in [2.45, 2.75) is 26.9 Å². The van der Waals surface area contributed by atoms with Crippen LogP contribution in [-0.4, -0.2) is 32.1 Å². The molecular formula is C16H16N4O2. The Morgan fingerprint density at radius 3 is 3.00 bits per heavy atom. The molecule has 0 bridgehead atoms. The van der Waals surface area contributed by atoms with Crippen LogP contribution in [0.3, 0.4) is 0 Å². The van der Waals surface area contributed by atoms with Crippen LogP contribution in [0.15, 0.2) is 28.9 Å². The highest BCUT2D eigenvalue weighted by molar-refractivity contribution is 5.99. The van der Waals surface area contributed by atoms with Gasteiger partial charge in [-0.05, 0) is 25.5 Å². The lowest BCUT2D eigenvalue weighted by atomic mass is 10.1. The van der Waals surface area contributed by atoms with Gasteiger partial charge in [0.1, 0.15) is 11.9 Å². The van der Waals surface area contributed by atoms with Gasteiger partial charge in [-0.15, -0.1) is 10.2 Å². The number of carbonyl (C=O) groups excluding carboxylic acids is 1. The molecule has 3 aromatic rings. The zero-order valence-electron chi connectivity index (χ0n) is 12.5. The summed E-state index contributed by atoms with van der Waals surface area (Å²) < 4.78 is 7.80. The minimum absolute atomic E-state index is 0.0828. The van der Waals surface area contributed by atoms with E-state index in [1.807, 2.05) is 36.6 Å². The van der Waals surface area contributed by atoms with E-state index in [4.69, 9.17) is 4.42 Å². The number of amides is 1. The number of aryl methyl sites for hydroxylation is 2. The number of aromatic nitrogens is 3. The average molecular weight is 296 g/mol. The number of benzene rings is 1. The molecule has 0 spiro atoms. The highest BCUT2D eigenvalue weighted by Gasteiger charge is 2.27. The van der Waals surface area contributed by atoms with Crippen molar-refractivity contribution in [3.63, 3.8) is 0 Å². The Bertz CT molecular complexity index is 878. The number of carbonyl (C=O) groups is 1. The van der Waals surface area contributed by atoms with Crippen molar-refractivity contribution in [1.29, 1.82) is 0 Å². The Morgan fingerprint density at radius 1 is 1.27 bits per heavy atom. The summed E-state index contributed by atoms with van der Waals surface area (Å²) in [7, 11) is 0. The molecule has 1 aliphatic heterocycles. The van der Waals surface area contributed by atoms with Crippen molar-refractivity contribution >= 4 is 16.9 Å². The lowest BCUT2D eigenvalue weighted by Gasteiger charge is -2.26. The molecule has 4 rings (SSSR count). The van der Waals surface area contributed by atoms with Gasteiger partial charge in [0, 0.05) is 24.0 Å². The van der Waals surface area contributed by atoms with Crippen LogP contribution in [-0.2, 0) is 13.1 Å². The van der Waals surface area contributed by atoms with Crippen LogP contribution in [0, 0.1) is 13.8 Å². The third kappa shape index (κ3) is 1.91. The highest BCUT2D eigenvalue weighted by atomic mass is 16.3. The number of hydrogen-bond acceptors (Lipinski definition) is 4. The first-order valence-electron chi connectivity index (χ1n) is 7.29. The molecule has 0 saturated heterocycles. The van der Waals surface area contributed by atoms with Gasteiger partial charge in [0.05, 0.1) is 6.54 Å². The molecular weight excluding hydrogens is 280 g/mol. The van der Waals surface area contributed by atoms with E-state index >= 15 is 0 Å². The van der Waals surface area contributed by atoms with E-state index in [-0.39, 0.29) is 5.91 Å². The van der Waals surface area contributed by atoms with Gasteiger partial charge < -0.3 is 13.9 Å². The average Bonchev–Trinajstić information content (AvgIpc) is 3.10. The van der Waals surface area contributed by atoms with E-state index in [1.54, 1.807) is 11.2 Å². The molecule has 112 valence electrons. The molecule has 6 nitrogen and oxygen atoms in total. The fraction of sp³-hybridized carbons (Fsp3) is 0.312. The number of furan rings is 1. The van der Waals surface area contributed by atoms with E-state index in [1.165, 1.54) is 0 Å². The Balaban J connectivity index is 1.70. The number of nitrogens with zero attached hydrogens (tertiary/aromatic N) is 4. The fourth-order valence-electron chi connectivity index (χ4n) is 2.92. The van der Waals surface area contributed by atoms with E-state index in [2.05, 4.69) is 10.2 Å². The Labute approximate surface area is 127 Å². The Kier molecular flexibility index (Phi) is 2.79. The van der Waals surface area contributed by atoms with Crippen molar-refractivity contribution in [2.75, 3.05) is 6.54 Å². The number of hydrogen-bond donors (Lipinski definition) is 0. The fourth-order valence-corrected chi connectivity index (χ4v) is 2.92. The molecule has 22 heavy (non-hydrogen) atoms. The SMILES string of the molecule is Cc1ccc2c(C)c(C(=O)N3CCn4cnnc4C3)oc2c1. The summed E-state index contributed by atoms with van der Waals surface area (Å²) in [5.41, 5.74) is 2.78. The molecule has 3 heterocycles. The Morgan fingerprint density at radius 2 is 2.14 bits per heavy atom. The number of rotatable bonds is 1. The highest BCUT2D eigenvalue weighted by Crippen LogP contribution is 2.27. The predicted molar refractivity (Wildman–Crippen MR) is 80.5 cm³/mol.